The molecule has 1 atom stereocenters. The van der Waals surface area contributed by atoms with Gasteiger partial charge in [-0.3, -0.25) is 14.5 Å². The van der Waals surface area contributed by atoms with Crippen molar-refractivity contribution in [2.75, 3.05) is 39.4 Å². The summed E-state index contributed by atoms with van der Waals surface area (Å²) in [6.45, 7) is 4.56. The zero-order valence-corrected chi connectivity index (χ0v) is 18.1. The maximum atomic E-state index is 13.0. The molecule has 1 aromatic heterocycles. The number of thiophene rings is 1. The Morgan fingerprint density at radius 3 is 2.61 bits per heavy atom. The molecular formula is C24H26N2O4S. The van der Waals surface area contributed by atoms with Crippen molar-refractivity contribution in [2.45, 2.75) is 12.5 Å². The molecule has 2 aromatic rings. The Kier molecular flexibility index (Phi) is 6.96. The summed E-state index contributed by atoms with van der Waals surface area (Å²) in [6.07, 6.45) is 3.91. The highest BCUT2D eigenvalue weighted by atomic mass is 32.1. The monoisotopic (exact) mass is 438 g/mol. The van der Waals surface area contributed by atoms with Crippen LogP contribution in [0.1, 0.15) is 22.9 Å². The number of amides is 1. The number of nitrogens with zero attached hydrogens (tertiary/aromatic N) is 2. The number of hydrogen-bond donors (Lipinski definition) is 1. The van der Waals surface area contributed by atoms with Gasteiger partial charge >= 0.3 is 0 Å². The predicted molar refractivity (Wildman–Crippen MR) is 121 cm³/mol. The Balaban J connectivity index is 1.51. The average molecular weight is 439 g/mol. The highest BCUT2D eigenvalue weighted by Gasteiger charge is 2.43. The van der Waals surface area contributed by atoms with Crippen LogP contribution in [0.2, 0.25) is 0 Å². The number of ketones is 1. The van der Waals surface area contributed by atoms with Crippen molar-refractivity contribution >= 4 is 29.1 Å². The molecule has 0 saturated carbocycles. The van der Waals surface area contributed by atoms with Gasteiger partial charge in [0.05, 0.1) is 24.8 Å². The molecule has 1 N–H and O–H groups in total. The summed E-state index contributed by atoms with van der Waals surface area (Å²) < 4.78 is 5.38. The second-order valence-electron chi connectivity index (χ2n) is 7.59. The SMILES string of the molecule is O=C(C=Cc1ccccc1)C1=C(O)C(=O)N(CCCN2CCOCC2)C1c1cccs1. The van der Waals surface area contributed by atoms with E-state index in [1.54, 1.807) is 11.0 Å². The Bertz CT molecular complexity index is 963. The normalized spacial score (nSPS) is 20.2. The van der Waals surface area contributed by atoms with Gasteiger partial charge in [0.25, 0.3) is 5.91 Å². The van der Waals surface area contributed by atoms with Crippen LogP contribution in [-0.2, 0) is 14.3 Å². The van der Waals surface area contributed by atoms with Gasteiger partial charge in [-0.25, -0.2) is 0 Å². The van der Waals surface area contributed by atoms with Crippen LogP contribution >= 0.6 is 11.3 Å². The van der Waals surface area contributed by atoms with Crippen LogP contribution in [0.3, 0.4) is 0 Å². The van der Waals surface area contributed by atoms with Gasteiger partial charge in [0.2, 0.25) is 0 Å². The van der Waals surface area contributed by atoms with E-state index in [2.05, 4.69) is 4.90 Å². The molecule has 0 radical (unpaired) electrons. The van der Waals surface area contributed by atoms with Crippen molar-refractivity contribution in [2.24, 2.45) is 0 Å². The van der Waals surface area contributed by atoms with E-state index in [1.807, 2.05) is 47.8 Å². The van der Waals surface area contributed by atoms with Crippen molar-refractivity contribution < 1.29 is 19.4 Å². The fourth-order valence-electron chi connectivity index (χ4n) is 3.99. The molecular weight excluding hydrogens is 412 g/mol. The minimum atomic E-state index is -0.551. The number of rotatable bonds is 8. The zero-order chi connectivity index (χ0) is 21.6. The van der Waals surface area contributed by atoms with E-state index in [-0.39, 0.29) is 11.4 Å². The van der Waals surface area contributed by atoms with E-state index in [9.17, 15) is 14.7 Å². The van der Waals surface area contributed by atoms with Gasteiger partial charge in [-0.1, -0.05) is 42.5 Å². The first-order valence-corrected chi connectivity index (χ1v) is 11.4. The van der Waals surface area contributed by atoms with Gasteiger partial charge in [-0.15, -0.1) is 11.3 Å². The van der Waals surface area contributed by atoms with Gasteiger partial charge in [-0.05, 0) is 29.5 Å². The lowest BCUT2D eigenvalue weighted by atomic mass is 10.0. The molecule has 2 aliphatic rings. The lowest BCUT2D eigenvalue weighted by Gasteiger charge is -2.29. The van der Waals surface area contributed by atoms with Crippen LogP contribution in [0.4, 0.5) is 0 Å². The number of aliphatic hydroxyl groups excluding tert-OH is 1. The number of allylic oxidation sites excluding steroid dienone is 1. The first-order chi connectivity index (χ1) is 15.1. The maximum Gasteiger partial charge on any atom is 0.290 e. The lowest BCUT2D eigenvalue weighted by Crippen LogP contribution is -2.39. The summed E-state index contributed by atoms with van der Waals surface area (Å²) in [4.78, 5) is 30.8. The van der Waals surface area contributed by atoms with Crippen LogP contribution < -0.4 is 0 Å². The first kappa shape index (κ1) is 21.5. The van der Waals surface area contributed by atoms with Crippen molar-refractivity contribution in [3.63, 3.8) is 0 Å². The number of carbonyl (C=O) groups excluding carboxylic acids is 2. The number of benzene rings is 1. The summed E-state index contributed by atoms with van der Waals surface area (Å²) in [5.41, 5.74) is 1.04. The van der Waals surface area contributed by atoms with Gasteiger partial charge in [0, 0.05) is 31.1 Å². The molecule has 4 rings (SSSR count). The summed E-state index contributed by atoms with van der Waals surface area (Å²) >= 11 is 1.48. The molecule has 2 aliphatic heterocycles. The van der Waals surface area contributed by atoms with Crippen LogP contribution in [0.25, 0.3) is 6.08 Å². The Hall–Kier alpha value is -2.74. The maximum absolute atomic E-state index is 13.0. The lowest BCUT2D eigenvalue weighted by molar-refractivity contribution is -0.129. The second kappa shape index (κ2) is 10.0. The van der Waals surface area contributed by atoms with Crippen LogP contribution in [0.5, 0.6) is 0 Å². The summed E-state index contributed by atoms with van der Waals surface area (Å²) in [7, 11) is 0. The minimum Gasteiger partial charge on any atom is -0.503 e. The van der Waals surface area contributed by atoms with Crippen molar-refractivity contribution in [1.29, 1.82) is 0 Å². The van der Waals surface area contributed by atoms with Crippen LogP contribution in [-0.4, -0.2) is 66.0 Å². The van der Waals surface area contributed by atoms with E-state index in [0.29, 0.717) is 6.54 Å². The summed E-state index contributed by atoms with van der Waals surface area (Å²) in [5.74, 6) is -1.26. The number of aliphatic hydroxyl groups is 1. The summed E-state index contributed by atoms with van der Waals surface area (Å²) in [6, 6.07) is 12.7. The van der Waals surface area contributed by atoms with Gasteiger partial charge in [0.15, 0.2) is 11.5 Å². The third-order valence-corrected chi connectivity index (χ3v) is 6.51. The molecule has 1 fully saturated rings. The van der Waals surface area contributed by atoms with Crippen molar-refractivity contribution in [1.82, 2.24) is 9.80 Å². The topological polar surface area (TPSA) is 70.1 Å². The highest BCUT2D eigenvalue weighted by molar-refractivity contribution is 7.10. The van der Waals surface area contributed by atoms with E-state index < -0.39 is 17.7 Å². The van der Waals surface area contributed by atoms with E-state index in [1.165, 1.54) is 17.4 Å². The fourth-order valence-corrected chi connectivity index (χ4v) is 4.84. The second-order valence-corrected chi connectivity index (χ2v) is 8.57. The van der Waals surface area contributed by atoms with Gasteiger partial charge in [0.1, 0.15) is 0 Å². The zero-order valence-electron chi connectivity index (χ0n) is 17.3. The molecule has 1 amide bonds. The molecule has 31 heavy (non-hydrogen) atoms. The van der Waals surface area contributed by atoms with E-state index >= 15 is 0 Å². The predicted octanol–water partition coefficient (Wildman–Crippen LogP) is 3.45. The molecule has 1 unspecified atom stereocenters. The number of carbonyl (C=O) groups is 2. The Morgan fingerprint density at radius 2 is 1.90 bits per heavy atom. The van der Waals surface area contributed by atoms with Crippen molar-refractivity contribution in [3.05, 3.63) is 75.7 Å². The average Bonchev–Trinajstić information content (AvgIpc) is 3.41. The van der Waals surface area contributed by atoms with Gasteiger partial charge in [-0.2, -0.15) is 0 Å². The number of hydrogen-bond acceptors (Lipinski definition) is 6. The Morgan fingerprint density at radius 1 is 1.13 bits per heavy atom. The molecule has 0 spiro atoms. The molecule has 6 nitrogen and oxygen atoms in total. The number of ether oxygens (including phenoxy) is 1. The first-order valence-electron chi connectivity index (χ1n) is 10.5. The fraction of sp³-hybridized carbons (Fsp3) is 0.333. The standard InChI is InChI=1S/C24H26N2O4S/c27-19(10-9-18-6-2-1-3-7-18)21-22(20-8-4-17-31-20)26(24(29)23(21)28)12-5-11-25-13-15-30-16-14-25/h1-4,6-10,17,22,28H,5,11-16H2. The highest BCUT2D eigenvalue weighted by Crippen LogP contribution is 2.39. The smallest absolute Gasteiger partial charge is 0.290 e. The Labute approximate surface area is 186 Å². The molecule has 162 valence electrons. The summed E-state index contributed by atoms with van der Waals surface area (Å²) in [5, 5.41) is 12.5. The largest absolute Gasteiger partial charge is 0.503 e. The van der Waals surface area contributed by atoms with Crippen molar-refractivity contribution in [3.8, 4) is 0 Å². The molecule has 0 bridgehead atoms. The third-order valence-electron chi connectivity index (χ3n) is 5.59. The minimum absolute atomic E-state index is 0.158. The quantitative estimate of drug-likeness (QED) is 0.640. The third kappa shape index (κ3) is 4.95. The molecule has 0 aliphatic carbocycles. The van der Waals surface area contributed by atoms with E-state index in [4.69, 9.17) is 4.74 Å². The molecule has 1 saturated heterocycles. The number of morpholine rings is 1. The van der Waals surface area contributed by atoms with Crippen LogP contribution in [0.15, 0.2) is 65.3 Å². The molecule has 7 heteroatoms. The van der Waals surface area contributed by atoms with Gasteiger partial charge < -0.3 is 14.7 Å². The molecule has 1 aromatic carbocycles. The van der Waals surface area contributed by atoms with E-state index in [0.717, 1.165) is 49.7 Å². The molecule has 3 heterocycles. The van der Waals surface area contributed by atoms with Crippen LogP contribution in [0, 0.1) is 0 Å².